The van der Waals surface area contributed by atoms with Crippen molar-refractivity contribution in [1.29, 1.82) is 0 Å². The number of fused-ring (bicyclic) bond motifs is 1. The van der Waals surface area contributed by atoms with Gasteiger partial charge in [-0.3, -0.25) is 4.79 Å². The number of aromatic nitrogens is 1. The number of carbonyl (C=O) groups excluding carboxylic acids is 1. The zero-order valence-electron chi connectivity index (χ0n) is 19.3. The molecule has 3 aromatic rings. The average molecular weight is 502 g/mol. The first-order valence-electron chi connectivity index (χ1n) is 10.8. The second-order valence-electron chi connectivity index (χ2n) is 8.01. The van der Waals surface area contributed by atoms with Gasteiger partial charge in [0.25, 0.3) is 0 Å². The summed E-state index contributed by atoms with van der Waals surface area (Å²) < 4.78 is 38.0. The summed E-state index contributed by atoms with van der Waals surface area (Å²) in [5.74, 6) is 0.616. The number of pyridine rings is 1. The Hall–Kier alpha value is -2.66. The molecule has 0 unspecified atom stereocenters. The van der Waals surface area contributed by atoms with Crippen molar-refractivity contribution in [2.75, 3.05) is 44.5 Å². The summed E-state index contributed by atoms with van der Waals surface area (Å²) in [7, 11) is -2.02. The van der Waals surface area contributed by atoms with Crippen LogP contribution in [-0.2, 0) is 19.6 Å². The third-order valence-electron chi connectivity index (χ3n) is 5.55. The van der Waals surface area contributed by atoms with Crippen LogP contribution in [0.1, 0.15) is 11.1 Å². The lowest BCUT2D eigenvalue weighted by atomic mass is 10.1. The second kappa shape index (κ2) is 10.3. The van der Waals surface area contributed by atoms with Gasteiger partial charge in [-0.25, -0.2) is 13.4 Å². The van der Waals surface area contributed by atoms with E-state index in [1.54, 1.807) is 25.3 Å². The van der Waals surface area contributed by atoms with Crippen molar-refractivity contribution in [2.24, 2.45) is 0 Å². The molecule has 4 rings (SSSR count). The number of carbonyl (C=O) groups is 1. The Morgan fingerprint density at radius 1 is 1.15 bits per heavy atom. The number of rotatable bonds is 7. The molecule has 1 fully saturated rings. The van der Waals surface area contributed by atoms with Crippen molar-refractivity contribution in [2.45, 2.75) is 23.8 Å². The third-order valence-corrected chi connectivity index (χ3v) is 8.36. The quantitative estimate of drug-likeness (QED) is 0.494. The molecule has 0 bridgehead atoms. The molecule has 34 heavy (non-hydrogen) atoms. The van der Waals surface area contributed by atoms with Gasteiger partial charge in [0.15, 0.2) is 0 Å². The molecular weight excluding hydrogens is 474 g/mol. The lowest BCUT2D eigenvalue weighted by Gasteiger charge is -2.26. The van der Waals surface area contributed by atoms with Crippen LogP contribution in [0.5, 0.6) is 5.75 Å². The molecule has 1 N–H and O–H groups in total. The van der Waals surface area contributed by atoms with Gasteiger partial charge in [0.1, 0.15) is 5.75 Å². The average Bonchev–Trinajstić information content (AvgIpc) is 2.83. The predicted molar refractivity (Wildman–Crippen MR) is 133 cm³/mol. The van der Waals surface area contributed by atoms with Crippen LogP contribution in [0.2, 0.25) is 0 Å². The van der Waals surface area contributed by atoms with Crippen molar-refractivity contribution in [3.63, 3.8) is 0 Å². The van der Waals surface area contributed by atoms with Crippen molar-refractivity contribution in [3.8, 4) is 5.75 Å². The van der Waals surface area contributed by atoms with Crippen LogP contribution in [0.4, 0.5) is 5.69 Å². The van der Waals surface area contributed by atoms with Gasteiger partial charge in [-0.15, -0.1) is 0 Å². The smallest absolute Gasteiger partial charge is 0.243 e. The first-order chi connectivity index (χ1) is 16.3. The van der Waals surface area contributed by atoms with Crippen molar-refractivity contribution in [3.05, 3.63) is 53.6 Å². The van der Waals surface area contributed by atoms with Gasteiger partial charge in [-0.1, -0.05) is 17.8 Å². The van der Waals surface area contributed by atoms with Crippen LogP contribution < -0.4 is 10.1 Å². The van der Waals surface area contributed by atoms with E-state index in [2.05, 4.69) is 10.3 Å². The highest BCUT2D eigenvalue weighted by atomic mass is 32.2. The lowest BCUT2D eigenvalue weighted by Crippen LogP contribution is -2.40. The van der Waals surface area contributed by atoms with Crippen LogP contribution in [-0.4, -0.2) is 62.8 Å². The molecule has 1 saturated heterocycles. The molecule has 10 heteroatoms. The Kier molecular flexibility index (Phi) is 7.42. The van der Waals surface area contributed by atoms with E-state index >= 15 is 0 Å². The highest BCUT2D eigenvalue weighted by Gasteiger charge is 2.26. The molecular formula is C24H27N3O5S2. The number of nitrogens with one attached hydrogen (secondary N) is 1. The van der Waals surface area contributed by atoms with Gasteiger partial charge in [-0.2, -0.15) is 4.31 Å². The molecule has 0 radical (unpaired) electrons. The van der Waals surface area contributed by atoms with Gasteiger partial charge in [-0.05, 0) is 61.4 Å². The van der Waals surface area contributed by atoms with Crippen LogP contribution in [0.25, 0.3) is 10.9 Å². The molecule has 0 atom stereocenters. The van der Waals surface area contributed by atoms with E-state index in [0.717, 1.165) is 16.5 Å². The summed E-state index contributed by atoms with van der Waals surface area (Å²) in [5, 5.41) is 4.35. The number of benzene rings is 2. The Labute approximate surface area is 203 Å². The largest absolute Gasteiger partial charge is 0.495 e. The fraction of sp³-hybridized carbons (Fsp3) is 0.333. The first kappa shape index (κ1) is 24.5. The summed E-state index contributed by atoms with van der Waals surface area (Å²) >= 11 is 1.32. The van der Waals surface area contributed by atoms with Crippen LogP contribution in [0.3, 0.4) is 0 Å². The highest BCUT2D eigenvalue weighted by Crippen LogP contribution is 2.29. The monoisotopic (exact) mass is 501 g/mol. The van der Waals surface area contributed by atoms with E-state index < -0.39 is 10.0 Å². The molecule has 8 nitrogen and oxygen atoms in total. The molecule has 1 amide bonds. The molecule has 2 heterocycles. The summed E-state index contributed by atoms with van der Waals surface area (Å²) in [6.07, 6.45) is 0. The normalized spacial score (nSPS) is 14.8. The molecule has 1 aliphatic heterocycles. The Balaban J connectivity index is 1.49. The number of hydrogen-bond donors (Lipinski definition) is 1. The number of aryl methyl sites for hydroxylation is 2. The molecule has 0 saturated carbocycles. The fourth-order valence-corrected chi connectivity index (χ4v) is 5.97. The van der Waals surface area contributed by atoms with E-state index in [0.29, 0.717) is 48.3 Å². The van der Waals surface area contributed by atoms with Gasteiger partial charge < -0.3 is 14.8 Å². The van der Waals surface area contributed by atoms with Crippen molar-refractivity contribution < 1.29 is 22.7 Å². The number of hydrogen-bond acceptors (Lipinski definition) is 7. The molecule has 2 aromatic carbocycles. The van der Waals surface area contributed by atoms with Gasteiger partial charge in [0.2, 0.25) is 15.9 Å². The van der Waals surface area contributed by atoms with Crippen LogP contribution in [0, 0.1) is 13.8 Å². The molecule has 1 aromatic heterocycles. The summed E-state index contributed by atoms with van der Waals surface area (Å²) in [4.78, 5) is 17.4. The number of thioether (sulfide) groups is 1. The maximum Gasteiger partial charge on any atom is 0.243 e. The zero-order valence-corrected chi connectivity index (χ0v) is 21.0. The minimum atomic E-state index is -3.58. The second-order valence-corrected chi connectivity index (χ2v) is 10.9. The third kappa shape index (κ3) is 5.35. The topological polar surface area (TPSA) is 97.8 Å². The van der Waals surface area contributed by atoms with Crippen LogP contribution >= 0.6 is 11.8 Å². The minimum absolute atomic E-state index is 0.166. The van der Waals surface area contributed by atoms with Crippen molar-refractivity contribution in [1.82, 2.24) is 9.29 Å². The van der Waals surface area contributed by atoms with Crippen molar-refractivity contribution >= 4 is 44.3 Å². The number of ether oxygens (including phenoxy) is 2. The van der Waals surface area contributed by atoms with E-state index in [1.165, 1.54) is 16.1 Å². The van der Waals surface area contributed by atoms with Gasteiger partial charge in [0, 0.05) is 18.5 Å². The lowest BCUT2D eigenvalue weighted by molar-refractivity contribution is -0.113. The number of nitrogens with zero attached hydrogens (tertiary/aromatic N) is 2. The number of methoxy groups -OCH3 is 1. The maximum absolute atomic E-state index is 13.0. The van der Waals surface area contributed by atoms with Gasteiger partial charge in [0.05, 0.1) is 47.2 Å². The number of sulfonamides is 1. The first-order valence-corrected chi connectivity index (χ1v) is 13.3. The fourth-order valence-electron chi connectivity index (χ4n) is 3.76. The molecule has 0 spiro atoms. The predicted octanol–water partition coefficient (Wildman–Crippen LogP) is 3.61. The van der Waals surface area contributed by atoms with E-state index in [-0.39, 0.29) is 16.6 Å². The summed E-state index contributed by atoms with van der Waals surface area (Å²) in [5.41, 5.74) is 3.23. The van der Waals surface area contributed by atoms with Gasteiger partial charge >= 0.3 is 0 Å². The minimum Gasteiger partial charge on any atom is -0.495 e. The molecule has 1 aliphatic rings. The number of anilines is 1. The van der Waals surface area contributed by atoms with Crippen LogP contribution in [0.15, 0.2) is 52.4 Å². The SMILES string of the molecule is COc1ccc(C)cc1NC(=O)CSc1cc(C)c2cc(S(=O)(=O)N3CCOCC3)ccc2n1. The summed E-state index contributed by atoms with van der Waals surface area (Å²) in [6, 6.07) is 12.5. The van der Waals surface area contributed by atoms with E-state index in [9.17, 15) is 13.2 Å². The Morgan fingerprint density at radius 3 is 2.65 bits per heavy atom. The summed E-state index contributed by atoms with van der Waals surface area (Å²) in [6.45, 7) is 5.36. The molecule has 0 aliphatic carbocycles. The standard InChI is InChI=1S/C24H27N3O5S2/c1-16-4-7-22(31-3)21(12-16)25-23(28)15-33-24-13-17(2)19-14-18(5-6-20(19)26-24)34(29,30)27-8-10-32-11-9-27/h4-7,12-14H,8-11,15H2,1-3H3,(H,25,28). The molecule has 180 valence electrons. The van der Waals surface area contributed by atoms with E-state index in [1.807, 2.05) is 38.1 Å². The zero-order chi connectivity index (χ0) is 24.3. The number of morpholine rings is 1. The number of amides is 1. The Bertz CT molecular complexity index is 1320. The highest BCUT2D eigenvalue weighted by molar-refractivity contribution is 7.99. The van der Waals surface area contributed by atoms with E-state index in [4.69, 9.17) is 9.47 Å². The maximum atomic E-state index is 13.0. The Morgan fingerprint density at radius 2 is 1.91 bits per heavy atom.